The molecule has 2 fully saturated rings. The zero-order chi connectivity index (χ0) is 21.6. The summed E-state index contributed by atoms with van der Waals surface area (Å²) in [6.45, 7) is 3.47. The van der Waals surface area contributed by atoms with Crippen molar-refractivity contribution in [1.29, 1.82) is 0 Å². The molecular weight excluding hydrogens is 412 g/mol. The molecule has 5 rings (SSSR count). The van der Waals surface area contributed by atoms with Crippen molar-refractivity contribution < 1.29 is 19.4 Å². The van der Waals surface area contributed by atoms with Crippen LogP contribution in [0.25, 0.3) is 16.7 Å². The maximum Gasteiger partial charge on any atom is 0.167 e. The number of aliphatic hydroxyl groups excluding tert-OH is 1. The molecule has 2 aliphatic carbocycles. The van der Waals surface area contributed by atoms with Crippen molar-refractivity contribution in [1.82, 2.24) is 0 Å². The van der Waals surface area contributed by atoms with Crippen LogP contribution >= 0.6 is 11.6 Å². The molecule has 0 aromatic heterocycles. The second kappa shape index (κ2) is 8.09. The van der Waals surface area contributed by atoms with E-state index in [1.54, 1.807) is 0 Å². The predicted octanol–water partition coefficient (Wildman–Crippen LogP) is 6.11. The van der Waals surface area contributed by atoms with Gasteiger partial charge >= 0.3 is 0 Å². The number of hydrogen-bond acceptors (Lipinski definition) is 4. The maximum atomic E-state index is 13.1. The number of benzene rings is 2. The van der Waals surface area contributed by atoms with Crippen molar-refractivity contribution >= 4 is 23.0 Å². The van der Waals surface area contributed by atoms with Crippen LogP contribution < -0.4 is 0 Å². The van der Waals surface area contributed by atoms with Crippen molar-refractivity contribution in [2.45, 2.75) is 45.3 Å². The van der Waals surface area contributed by atoms with Crippen molar-refractivity contribution in [2.24, 2.45) is 11.3 Å². The standard InChI is InChI=1S/C26H27ClO4/c1-16-2-3-19(18-4-6-20(27)7-5-18)13-21(16)25-22(28)10-17(11-23(25)29)12-24-30-14-26(8-9-26)15-31-24/h2-7,13,17,24,28H,8-12,14-15H2,1H3. The highest BCUT2D eigenvalue weighted by molar-refractivity contribution is 6.30. The fraction of sp³-hybridized carbons (Fsp3) is 0.423. The van der Waals surface area contributed by atoms with Gasteiger partial charge in [-0.3, -0.25) is 4.79 Å². The average Bonchev–Trinajstić information content (AvgIpc) is 3.50. The van der Waals surface area contributed by atoms with Crippen molar-refractivity contribution in [2.75, 3.05) is 13.2 Å². The van der Waals surface area contributed by atoms with E-state index in [0.717, 1.165) is 35.5 Å². The number of ether oxygens (including phenoxy) is 2. The monoisotopic (exact) mass is 438 g/mol. The smallest absolute Gasteiger partial charge is 0.167 e. The Balaban J connectivity index is 1.35. The van der Waals surface area contributed by atoms with E-state index in [4.69, 9.17) is 21.1 Å². The van der Waals surface area contributed by atoms with Crippen LogP contribution in [0.2, 0.25) is 5.02 Å². The van der Waals surface area contributed by atoms with E-state index >= 15 is 0 Å². The minimum Gasteiger partial charge on any atom is -0.512 e. The van der Waals surface area contributed by atoms with E-state index in [-0.39, 0.29) is 29.2 Å². The minimum absolute atomic E-state index is 0.0143. The highest BCUT2D eigenvalue weighted by atomic mass is 35.5. The molecule has 1 spiro atoms. The molecule has 1 unspecified atom stereocenters. The van der Waals surface area contributed by atoms with Crippen molar-refractivity contribution in [3.05, 3.63) is 64.4 Å². The highest BCUT2D eigenvalue weighted by Gasteiger charge is 2.47. The molecule has 0 amide bonds. The lowest BCUT2D eigenvalue weighted by molar-refractivity contribution is -0.214. The molecule has 162 valence electrons. The van der Waals surface area contributed by atoms with Crippen LogP contribution in [-0.4, -0.2) is 30.4 Å². The summed E-state index contributed by atoms with van der Waals surface area (Å²) in [5, 5.41) is 11.6. The van der Waals surface area contributed by atoms with Gasteiger partial charge in [0.25, 0.3) is 0 Å². The predicted molar refractivity (Wildman–Crippen MR) is 121 cm³/mol. The van der Waals surface area contributed by atoms with Gasteiger partial charge in [0.05, 0.1) is 18.8 Å². The van der Waals surface area contributed by atoms with Gasteiger partial charge in [0.1, 0.15) is 5.76 Å². The molecule has 1 N–H and O–H groups in total. The van der Waals surface area contributed by atoms with Crippen LogP contribution in [0, 0.1) is 18.3 Å². The number of aliphatic hydroxyl groups is 1. The van der Waals surface area contributed by atoms with Gasteiger partial charge in [-0.25, -0.2) is 0 Å². The lowest BCUT2D eigenvalue weighted by atomic mass is 9.81. The number of aryl methyl sites for hydroxylation is 1. The SMILES string of the molecule is Cc1ccc(-c2ccc(Cl)cc2)cc1C1=C(O)CC(CC2OCC3(CC3)CO2)CC1=O. The Morgan fingerprint density at radius 3 is 2.35 bits per heavy atom. The first kappa shape index (κ1) is 20.7. The minimum atomic E-state index is -0.270. The van der Waals surface area contributed by atoms with Crippen LogP contribution in [0.4, 0.5) is 0 Å². The average molecular weight is 439 g/mol. The third kappa shape index (κ3) is 4.30. The van der Waals surface area contributed by atoms with Gasteiger partial charge in [0, 0.05) is 29.7 Å². The zero-order valence-electron chi connectivity index (χ0n) is 17.7. The summed E-state index contributed by atoms with van der Waals surface area (Å²) in [7, 11) is 0. The van der Waals surface area contributed by atoms with Gasteiger partial charge < -0.3 is 14.6 Å². The second-order valence-corrected chi connectivity index (χ2v) is 9.78. The molecular formula is C26H27ClO4. The summed E-state index contributed by atoms with van der Waals surface area (Å²) >= 11 is 6.01. The van der Waals surface area contributed by atoms with Gasteiger partial charge in [-0.15, -0.1) is 0 Å². The molecule has 1 heterocycles. The lowest BCUT2D eigenvalue weighted by Gasteiger charge is -2.33. The Bertz CT molecular complexity index is 1030. The third-order valence-corrected chi connectivity index (χ3v) is 7.09. The Morgan fingerprint density at radius 1 is 1.03 bits per heavy atom. The first-order chi connectivity index (χ1) is 14.9. The van der Waals surface area contributed by atoms with Gasteiger partial charge in [-0.2, -0.15) is 0 Å². The van der Waals surface area contributed by atoms with Crippen LogP contribution in [0.5, 0.6) is 0 Å². The fourth-order valence-electron chi connectivity index (χ4n) is 4.66. The normalized spacial score (nSPS) is 23.4. The molecule has 2 aromatic rings. The molecule has 1 saturated heterocycles. The van der Waals surface area contributed by atoms with Crippen molar-refractivity contribution in [3.63, 3.8) is 0 Å². The molecule has 1 aliphatic heterocycles. The van der Waals surface area contributed by atoms with Gasteiger partial charge in [-0.05, 0) is 66.1 Å². The number of carbonyl (C=O) groups is 1. The first-order valence-corrected chi connectivity index (χ1v) is 11.4. The molecule has 1 saturated carbocycles. The molecule has 2 aromatic carbocycles. The summed E-state index contributed by atoms with van der Waals surface area (Å²) in [6.07, 6.45) is 3.61. The molecule has 31 heavy (non-hydrogen) atoms. The summed E-state index contributed by atoms with van der Waals surface area (Å²) in [4.78, 5) is 13.1. The Labute approximate surface area is 187 Å². The van der Waals surface area contributed by atoms with Gasteiger partial charge in [-0.1, -0.05) is 35.9 Å². The van der Waals surface area contributed by atoms with Crippen LogP contribution in [0.3, 0.4) is 0 Å². The van der Waals surface area contributed by atoms with E-state index in [2.05, 4.69) is 0 Å². The fourth-order valence-corrected chi connectivity index (χ4v) is 4.79. The zero-order valence-corrected chi connectivity index (χ0v) is 18.5. The largest absolute Gasteiger partial charge is 0.512 e. The summed E-state index contributed by atoms with van der Waals surface area (Å²) in [5.41, 5.74) is 4.50. The number of halogens is 1. The van der Waals surface area contributed by atoms with E-state index < -0.39 is 0 Å². The van der Waals surface area contributed by atoms with E-state index in [1.165, 1.54) is 12.8 Å². The summed E-state index contributed by atoms with van der Waals surface area (Å²) in [6, 6.07) is 13.6. The van der Waals surface area contributed by atoms with E-state index in [9.17, 15) is 9.90 Å². The van der Waals surface area contributed by atoms with Crippen LogP contribution in [0.1, 0.15) is 43.2 Å². The summed E-state index contributed by atoms with van der Waals surface area (Å²) < 4.78 is 11.8. The third-order valence-electron chi connectivity index (χ3n) is 6.84. The lowest BCUT2D eigenvalue weighted by Crippen LogP contribution is -2.35. The van der Waals surface area contributed by atoms with Gasteiger partial charge in [0.2, 0.25) is 0 Å². The number of hydrogen-bond donors (Lipinski definition) is 1. The van der Waals surface area contributed by atoms with Gasteiger partial charge in [0.15, 0.2) is 12.1 Å². The maximum absolute atomic E-state index is 13.1. The number of carbonyl (C=O) groups excluding carboxylic acids is 1. The molecule has 3 aliphatic rings. The van der Waals surface area contributed by atoms with E-state index in [0.29, 0.717) is 29.9 Å². The van der Waals surface area contributed by atoms with E-state index in [1.807, 2.05) is 49.4 Å². The molecule has 0 radical (unpaired) electrons. The molecule has 1 atom stereocenters. The molecule has 5 heteroatoms. The second-order valence-electron chi connectivity index (χ2n) is 9.34. The quantitative estimate of drug-likeness (QED) is 0.625. The number of Topliss-reactive ketones (excluding diaryl/α,β-unsaturated/α-hetero) is 1. The molecule has 0 bridgehead atoms. The van der Waals surface area contributed by atoms with Crippen molar-refractivity contribution in [3.8, 4) is 11.1 Å². The first-order valence-electron chi connectivity index (χ1n) is 11.0. The van der Waals surface area contributed by atoms with Crippen LogP contribution in [0.15, 0.2) is 48.2 Å². The topological polar surface area (TPSA) is 55.8 Å². The number of ketones is 1. The Morgan fingerprint density at radius 2 is 1.71 bits per heavy atom. The Kier molecular flexibility index (Phi) is 5.41. The number of allylic oxidation sites excluding steroid dienone is 2. The van der Waals surface area contributed by atoms with Crippen LogP contribution in [-0.2, 0) is 14.3 Å². The molecule has 4 nitrogen and oxygen atoms in total. The Hall–Kier alpha value is -2.14. The number of rotatable bonds is 4. The summed E-state index contributed by atoms with van der Waals surface area (Å²) in [5.74, 6) is 0.195. The highest BCUT2D eigenvalue weighted by Crippen LogP contribution is 2.49.